The number of rotatable bonds is 5. The van der Waals surface area contributed by atoms with E-state index in [0.29, 0.717) is 13.1 Å². The van der Waals surface area contributed by atoms with Crippen LogP contribution in [-0.4, -0.2) is 76.9 Å². The zero-order chi connectivity index (χ0) is 19.4. The quantitative estimate of drug-likeness (QED) is 0.811. The van der Waals surface area contributed by atoms with Crippen molar-refractivity contribution in [3.63, 3.8) is 0 Å². The normalized spacial score (nSPS) is 15.7. The van der Waals surface area contributed by atoms with Gasteiger partial charge in [0.25, 0.3) is 5.91 Å². The van der Waals surface area contributed by atoms with Gasteiger partial charge in [-0.05, 0) is 32.4 Å². The van der Waals surface area contributed by atoms with Gasteiger partial charge in [-0.15, -0.1) is 0 Å². The van der Waals surface area contributed by atoms with Gasteiger partial charge >= 0.3 is 0 Å². The summed E-state index contributed by atoms with van der Waals surface area (Å²) in [5.41, 5.74) is 1.80. The van der Waals surface area contributed by atoms with Crippen molar-refractivity contribution in [3.8, 4) is 0 Å². The zero-order valence-corrected chi connectivity index (χ0v) is 16.6. The highest BCUT2D eigenvalue weighted by atomic mass is 16.2. The molecule has 27 heavy (non-hydrogen) atoms. The third kappa shape index (κ3) is 4.16. The summed E-state index contributed by atoms with van der Waals surface area (Å²) in [5.74, 6) is 0.249. The van der Waals surface area contributed by atoms with Gasteiger partial charge in [0.2, 0.25) is 5.91 Å². The second-order valence-corrected chi connectivity index (χ2v) is 7.14. The summed E-state index contributed by atoms with van der Waals surface area (Å²) in [7, 11) is 1.95. The molecule has 0 spiro atoms. The first-order valence-electron chi connectivity index (χ1n) is 9.89. The molecule has 6 nitrogen and oxygen atoms in total. The van der Waals surface area contributed by atoms with Gasteiger partial charge in [-0.3, -0.25) is 14.5 Å². The van der Waals surface area contributed by atoms with Crippen LogP contribution in [-0.2, 0) is 11.8 Å². The number of aromatic nitrogens is 1. The van der Waals surface area contributed by atoms with E-state index in [2.05, 4.69) is 4.90 Å². The van der Waals surface area contributed by atoms with Crippen LogP contribution in [0.1, 0.15) is 30.8 Å². The lowest BCUT2D eigenvalue weighted by molar-refractivity contribution is -0.132. The molecule has 1 fully saturated rings. The third-order valence-electron chi connectivity index (χ3n) is 5.52. The number of amides is 2. The fourth-order valence-corrected chi connectivity index (χ4v) is 3.86. The van der Waals surface area contributed by atoms with Crippen molar-refractivity contribution in [1.29, 1.82) is 0 Å². The maximum Gasteiger partial charge on any atom is 0.270 e. The summed E-state index contributed by atoms with van der Waals surface area (Å²) in [5, 5.41) is 1.09. The molecule has 146 valence electrons. The second-order valence-electron chi connectivity index (χ2n) is 7.14. The average molecular weight is 370 g/mol. The van der Waals surface area contributed by atoms with Gasteiger partial charge in [0, 0.05) is 57.2 Å². The lowest BCUT2D eigenvalue weighted by atomic mass is 10.2. The molecule has 0 saturated carbocycles. The fourth-order valence-electron chi connectivity index (χ4n) is 3.86. The van der Waals surface area contributed by atoms with Crippen molar-refractivity contribution in [3.05, 3.63) is 36.0 Å². The predicted molar refractivity (Wildman–Crippen MR) is 108 cm³/mol. The predicted octanol–water partition coefficient (Wildman–Crippen LogP) is 2.19. The maximum atomic E-state index is 13.1. The molecule has 3 rings (SSSR count). The molecule has 6 heteroatoms. The summed E-state index contributed by atoms with van der Waals surface area (Å²) in [4.78, 5) is 31.4. The Morgan fingerprint density at radius 2 is 1.78 bits per heavy atom. The number of carbonyl (C=O) groups is 2. The Morgan fingerprint density at radius 3 is 2.48 bits per heavy atom. The van der Waals surface area contributed by atoms with Crippen LogP contribution in [0.2, 0.25) is 0 Å². The number of likely N-dealkylation sites (N-methyl/N-ethyl adjacent to an activating group) is 1. The molecule has 2 heterocycles. The number of hydrogen-bond acceptors (Lipinski definition) is 3. The molecular formula is C21H30N4O2. The van der Waals surface area contributed by atoms with Gasteiger partial charge in [0.05, 0.1) is 6.54 Å². The van der Waals surface area contributed by atoms with E-state index in [9.17, 15) is 9.59 Å². The van der Waals surface area contributed by atoms with Gasteiger partial charge in [-0.1, -0.05) is 18.2 Å². The summed E-state index contributed by atoms with van der Waals surface area (Å²) >= 11 is 0. The first-order chi connectivity index (χ1) is 13.0. The Morgan fingerprint density at radius 1 is 1.04 bits per heavy atom. The summed E-state index contributed by atoms with van der Waals surface area (Å²) in [6.07, 6.45) is 0.890. The second kappa shape index (κ2) is 8.57. The Kier molecular flexibility index (Phi) is 6.16. The van der Waals surface area contributed by atoms with Gasteiger partial charge in [-0.25, -0.2) is 0 Å². The van der Waals surface area contributed by atoms with Crippen LogP contribution in [0.3, 0.4) is 0 Å². The van der Waals surface area contributed by atoms with Crippen LogP contribution in [0, 0.1) is 0 Å². The van der Waals surface area contributed by atoms with E-state index in [1.54, 1.807) is 0 Å². The SMILES string of the molecule is CCN(CC)C(=O)CN1CCCN(C(=O)c2cc3ccccc3n2C)CC1. The molecule has 2 aromatic rings. The van der Waals surface area contributed by atoms with Gasteiger partial charge in [0.1, 0.15) is 5.69 Å². The fraction of sp³-hybridized carbons (Fsp3) is 0.524. The van der Waals surface area contributed by atoms with E-state index < -0.39 is 0 Å². The molecule has 1 aromatic carbocycles. The van der Waals surface area contributed by atoms with Crippen LogP contribution in [0.4, 0.5) is 0 Å². The van der Waals surface area contributed by atoms with Crippen LogP contribution >= 0.6 is 0 Å². The molecular weight excluding hydrogens is 340 g/mol. The first kappa shape index (κ1) is 19.4. The van der Waals surface area contributed by atoms with Crippen LogP contribution in [0.5, 0.6) is 0 Å². The topological polar surface area (TPSA) is 48.8 Å². The Labute approximate surface area is 161 Å². The minimum atomic E-state index is 0.0746. The van der Waals surface area contributed by atoms with E-state index in [4.69, 9.17) is 0 Å². The molecule has 1 aromatic heterocycles. The smallest absolute Gasteiger partial charge is 0.270 e. The van der Waals surface area contributed by atoms with Crippen molar-refractivity contribution >= 4 is 22.7 Å². The van der Waals surface area contributed by atoms with E-state index in [1.165, 1.54) is 0 Å². The molecule has 0 unspecified atom stereocenters. The molecule has 2 amide bonds. The largest absolute Gasteiger partial charge is 0.342 e. The number of nitrogens with zero attached hydrogens (tertiary/aromatic N) is 4. The summed E-state index contributed by atoms with van der Waals surface area (Å²) < 4.78 is 1.98. The van der Waals surface area contributed by atoms with Crippen LogP contribution in [0.25, 0.3) is 10.9 Å². The van der Waals surface area contributed by atoms with E-state index in [1.807, 2.05) is 65.6 Å². The Balaban J connectivity index is 1.66. The number of benzene rings is 1. The number of para-hydroxylation sites is 1. The molecule has 0 N–H and O–H groups in total. The Hall–Kier alpha value is -2.34. The van der Waals surface area contributed by atoms with Crippen LogP contribution in [0.15, 0.2) is 30.3 Å². The first-order valence-corrected chi connectivity index (χ1v) is 9.89. The zero-order valence-electron chi connectivity index (χ0n) is 16.6. The van der Waals surface area contributed by atoms with Crippen molar-refractivity contribution in [2.24, 2.45) is 7.05 Å². The number of hydrogen-bond donors (Lipinski definition) is 0. The number of aryl methyl sites for hydroxylation is 1. The van der Waals surface area contributed by atoms with Crippen molar-refractivity contribution in [2.45, 2.75) is 20.3 Å². The minimum Gasteiger partial charge on any atom is -0.342 e. The van der Waals surface area contributed by atoms with Gasteiger partial charge in [0.15, 0.2) is 0 Å². The molecule has 0 aliphatic carbocycles. The number of fused-ring (bicyclic) bond motifs is 1. The lowest BCUT2D eigenvalue weighted by Gasteiger charge is -2.25. The summed E-state index contributed by atoms with van der Waals surface area (Å²) in [6, 6.07) is 10.0. The molecule has 0 radical (unpaired) electrons. The van der Waals surface area contributed by atoms with Crippen molar-refractivity contribution in [2.75, 3.05) is 45.8 Å². The standard InChI is InChI=1S/C21H30N4O2/c1-4-24(5-2)20(26)16-23-11-8-12-25(14-13-23)21(27)19-15-17-9-6-7-10-18(17)22(19)3/h6-7,9-10,15H,4-5,8,11-14,16H2,1-3H3. The van der Waals surface area contributed by atoms with E-state index >= 15 is 0 Å². The highest BCUT2D eigenvalue weighted by Crippen LogP contribution is 2.20. The Bertz CT molecular complexity index is 810. The minimum absolute atomic E-state index is 0.0746. The lowest BCUT2D eigenvalue weighted by Crippen LogP contribution is -2.42. The van der Waals surface area contributed by atoms with Gasteiger partial charge in [-0.2, -0.15) is 0 Å². The van der Waals surface area contributed by atoms with Crippen molar-refractivity contribution < 1.29 is 9.59 Å². The van der Waals surface area contributed by atoms with E-state index in [-0.39, 0.29) is 11.8 Å². The van der Waals surface area contributed by atoms with E-state index in [0.717, 1.165) is 55.7 Å². The summed E-state index contributed by atoms with van der Waals surface area (Å²) in [6.45, 7) is 8.93. The van der Waals surface area contributed by atoms with Crippen molar-refractivity contribution in [1.82, 2.24) is 19.3 Å². The van der Waals surface area contributed by atoms with Crippen LogP contribution < -0.4 is 0 Å². The molecule has 1 saturated heterocycles. The molecule has 1 aliphatic rings. The highest BCUT2D eigenvalue weighted by molar-refractivity contribution is 5.98. The van der Waals surface area contributed by atoms with Gasteiger partial charge < -0.3 is 14.4 Å². The third-order valence-corrected chi connectivity index (χ3v) is 5.52. The number of carbonyl (C=O) groups excluding carboxylic acids is 2. The monoisotopic (exact) mass is 370 g/mol. The molecule has 0 bridgehead atoms. The highest BCUT2D eigenvalue weighted by Gasteiger charge is 2.24. The average Bonchev–Trinajstić information content (AvgIpc) is 2.85. The molecule has 1 aliphatic heterocycles. The molecule has 0 atom stereocenters. The maximum absolute atomic E-state index is 13.1.